The molecule has 6 heteroatoms. The van der Waals surface area contributed by atoms with E-state index in [4.69, 9.17) is 0 Å². The molecule has 2 N–H and O–H groups in total. The zero-order chi connectivity index (χ0) is 12.3. The number of hydrogen-bond donors (Lipinski definition) is 2. The molecule has 0 unspecified atom stereocenters. The Hall–Kier alpha value is -1.01. The molecule has 0 bridgehead atoms. The SMILES string of the molecule is CC(C)Cc1nnc(NC(=O)[C@H]2CCCN2)s1. The molecule has 1 atom stereocenters. The molecule has 1 saturated heterocycles. The van der Waals surface area contributed by atoms with Crippen LogP contribution in [0.2, 0.25) is 0 Å². The largest absolute Gasteiger partial charge is 0.306 e. The van der Waals surface area contributed by atoms with Gasteiger partial charge in [0.1, 0.15) is 5.01 Å². The number of nitrogens with zero attached hydrogens (tertiary/aromatic N) is 2. The molecular weight excluding hydrogens is 236 g/mol. The number of carbonyl (C=O) groups is 1. The number of aromatic nitrogens is 2. The summed E-state index contributed by atoms with van der Waals surface area (Å²) in [7, 11) is 0. The lowest BCUT2D eigenvalue weighted by Gasteiger charge is -2.07. The molecule has 2 heterocycles. The summed E-state index contributed by atoms with van der Waals surface area (Å²) in [6.45, 7) is 5.21. The molecule has 1 aliphatic heterocycles. The third-order valence-corrected chi connectivity index (χ3v) is 3.52. The van der Waals surface area contributed by atoms with Gasteiger partial charge in [-0.15, -0.1) is 10.2 Å². The van der Waals surface area contributed by atoms with Gasteiger partial charge in [0.25, 0.3) is 0 Å². The molecule has 1 fully saturated rings. The Morgan fingerprint density at radius 1 is 1.59 bits per heavy atom. The van der Waals surface area contributed by atoms with Gasteiger partial charge in [0, 0.05) is 6.42 Å². The van der Waals surface area contributed by atoms with Crippen molar-refractivity contribution in [2.24, 2.45) is 5.92 Å². The molecule has 5 nitrogen and oxygen atoms in total. The predicted octanol–water partition coefficient (Wildman–Crippen LogP) is 1.43. The van der Waals surface area contributed by atoms with Crippen LogP contribution in [0.3, 0.4) is 0 Å². The first-order chi connectivity index (χ1) is 8.15. The maximum atomic E-state index is 11.8. The van der Waals surface area contributed by atoms with E-state index in [0.717, 1.165) is 30.8 Å². The Morgan fingerprint density at radius 2 is 2.41 bits per heavy atom. The lowest BCUT2D eigenvalue weighted by atomic mass is 10.1. The molecule has 1 aliphatic rings. The van der Waals surface area contributed by atoms with Crippen LogP contribution in [0.5, 0.6) is 0 Å². The van der Waals surface area contributed by atoms with Crippen LogP contribution in [0.25, 0.3) is 0 Å². The zero-order valence-corrected chi connectivity index (χ0v) is 11.0. The maximum Gasteiger partial charge on any atom is 0.243 e. The van der Waals surface area contributed by atoms with Gasteiger partial charge in [-0.3, -0.25) is 10.1 Å². The van der Waals surface area contributed by atoms with E-state index in [9.17, 15) is 4.79 Å². The summed E-state index contributed by atoms with van der Waals surface area (Å²) in [6, 6.07) is -0.0625. The van der Waals surface area contributed by atoms with E-state index in [1.807, 2.05) is 0 Å². The topological polar surface area (TPSA) is 66.9 Å². The predicted molar refractivity (Wildman–Crippen MR) is 68.1 cm³/mol. The molecule has 1 amide bonds. The Labute approximate surface area is 105 Å². The van der Waals surface area contributed by atoms with Gasteiger partial charge in [-0.1, -0.05) is 25.2 Å². The minimum absolute atomic E-state index is 0.00902. The first-order valence-corrected chi connectivity index (χ1v) is 6.83. The fourth-order valence-electron chi connectivity index (χ4n) is 1.84. The normalized spacial score (nSPS) is 19.8. The van der Waals surface area contributed by atoms with E-state index in [1.165, 1.54) is 11.3 Å². The monoisotopic (exact) mass is 254 g/mol. The standard InChI is InChI=1S/C11H18N4OS/c1-7(2)6-9-14-15-11(17-9)13-10(16)8-4-3-5-12-8/h7-8,12H,3-6H2,1-2H3,(H,13,15,16)/t8-/m1/s1. The first-order valence-electron chi connectivity index (χ1n) is 6.02. The Morgan fingerprint density at radius 3 is 3.06 bits per heavy atom. The molecule has 0 spiro atoms. The van der Waals surface area contributed by atoms with Crippen molar-refractivity contribution in [1.29, 1.82) is 0 Å². The molecule has 0 aromatic carbocycles. The number of nitrogens with one attached hydrogen (secondary N) is 2. The Balaban J connectivity index is 1.89. The van der Waals surface area contributed by atoms with Gasteiger partial charge in [0.2, 0.25) is 11.0 Å². The molecule has 1 aromatic rings. The number of amides is 1. The highest BCUT2D eigenvalue weighted by Crippen LogP contribution is 2.19. The molecule has 0 radical (unpaired) electrons. The molecule has 17 heavy (non-hydrogen) atoms. The van der Waals surface area contributed by atoms with Crippen molar-refractivity contribution >= 4 is 22.4 Å². The number of carbonyl (C=O) groups excluding carboxylic acids is 1. The summed E-state index contributed by atoms with van der Waals surface area (Å²) >= 11 is 1.47. The molecule has 94 valence electrons. The maximum absolute atomic E-state index is 11.8. The average Bonchev–Trinajstić information content (AvgIpc) is 2.87. The summed E-state index contributed by atoms with van der Waals surface area (Å²) in [5.74, 6) is 0.567. The van der Waals surface area contributed by atoms with Crippen LogP contribution >= 0.6 is 11.3 Å². The van der Waals surface area contributed by atoms with E-state index in [0.29, 0.717) is 11.0 Å². The minimum atomic E-state index is -0.0625. The molecule has 0 aliphatic carbocycles. The third-order valence-electron chi connectivity index (χ3n) is 2.66. The third kappa shape index (κ3) is 3.47. The van der Waals surface area contributed by atoms with Gasteiger partial charge in [-0.2, -0.15) is 0 Å². The van der Waals surface area contributed by atoms with Crippen LogP contribution in [-0.4, -0.2) is 28.7 Å². The number of hydrogen-bond acceptors (Lipinski definition) is 5. The van der Waals surface area contributed by atoms with E-state index >= 15 is 0 Å². The second-order valence-electron chi connectivity index (χ2n) is 4.74. The molecule has 0 saturated carbocycles. The highest BCUT2D eigenvalue weighted by molar-refractivity contribution is 7.15. The lowest BCUT2D eigenvalue weighted by molar-refractivity contribution is -0.117. The van der Waals surface area contributed by atoms with Gasteiger partial charge < -0.3 is 5.32 Å². The lowest BCUT2D eigenvalue weighted by Crippen LogP contribution is -2.35. The second kappa shape index (κ2) is 5.55. The summed E-state index contributed by atoms with van der Waals surface area (Å²) in [6.07, 6.45) is 2.88. The van der Waals surface area contributed by atoms with Crippen LogP contribution in [0.1, 0.15) is 31.7 Å². The summed E-state index contributed by atoms with van der Waals surface area (Å²) < 4.78 is 0. The molecule has 2 rings (SSSR count). The van der Waals surface area contributed by atoms with Gasteiger partial charge in [-0.25, -0.2) is 0 Å². The van der Waals surface area contributed by atoms with E-state index in [2.05, 4.69) is 34.7 Å². The van der Waals surface area contributed by atoms with Gasteiger partial charge in [0.15, 0.2) is 0 Å². The highest BCUT2D eigenvalue weighted by Gasteiger charge is 2.22. The van der Waals surface area contributed by atoms with Crippen molar-refractivity contribution in [3.63, 3.8) is 0 Å². The Kier molecular flexibility index (Phi) is 4.06. The van der Waals surface area contributed by atoms with E-state index < -0.39 is 0 Å². The summed E-state index contributed by atoms with van der Waals surface area (Å²) in [4.78, 5) is 11.8. The molecular formula is C11H18N4OS. The van der Waals surface area contributed by atoms with Crippen LogP contribution in [0.15, 0.2) is 0 Å². The summed E-state index contributed by atoms with van der Waals surface area (Å²) in [5.41, 5.74) is 0. The van der Waals surface area contributed by atoms with E-state index in [-0.39, 0.29) is 11.9 Å². The fourth-order valence-corrected chi connectivity index (χ4v) is 2.79. The highest BCUT2D eigenvalue weighted by atomic mass is 32.1. The van der Waals surface area contributed by atoms with Gasteiger partial charge in [-0.05, 0) is 25.3 Å². The summed E-state index contributed by atoms with van der Waals surface area (Å²) in [5, 5.41) is 15.6. The van der Waals surface area contributed by atoms with Crippen LogP contribution < -0.4 is 10.6 Å². The average molecular weight is 254 g/mol. The van der Waals surface area contributed by atoms with Crippen LogP contribution in [-0.2, 0) is 11.2 Å². The first kappa shape index (κ1) is 12.4. The van der Waals surface area contributed by atoms with Crippen LogP contribution in [0, 0.1) is 5.92 Å². The quantitative estimate of drug-likeness (QED) is 0.853. The van der Waals surface area contributed by atoms with Crippen molar-refractivity contribution in [1.82, 2.24) is 15.5 Å². The van der Waals surface area contributed by atoms with Crippen LogP contribution in [0.4, 0.5) is 5.13 Å². The van der Waals surface area contributed by atoms with Crippen molar-refractivity contribution < 1.29 is 4.79 Å². The van der Waals surface area contributed by atoms with Gasteiger partial charge in [0.05, 0.1) is 6.04 Å². The number of rotatable bonds is 4. The van der Waals surface area contributed by atoms with Crippen molar-refractivity contribution in [3.05, 3.63) is 5.01 Å². The second-order valence-corrected chi connectivity index (χ2v) is 5.80. The minimum Gasteiger partial charge on any atom is -0.306 e. The molecule has 1 aromatic heterocycles. The fraction of sp³-hybridized carbons (Fsp3) is 0.727. The van der Waals surface area contributed by atoms with E-state index in [1.54, 1.807) is 0 Å². The smallest absolute Gasteiger partial charge is 0.243 e. The van der Waals surface area contributed by atoms with Gasteiger partial charge >= 0.3 is 0 Å². The van der Waals surface area contributed by atoms with Crippen molar-refractivity contribution in [3.8, 4) is 0 Å². The Bertz CT molecular complexity index is 385. The number of anilines is 1. The van der Waals surface area contributed by atoms with Crippen molar-refractivity contribution in [2.75, 3.05) is 11.9 Å². The van der Waals surface area contributed by atoms with Crippen molar-refractivity contribution in [2.45, 2.75) is 39.2 Å². The zero-order valence-electron chi connectivity index (χ0n) is 10.2.